The van der Waals surface area contributed by atoms with Gasteiger partial charge in [0.25, 0.3) is 0 Å². The molecule has 0 amide bonds. The minimum Gasteiger partial charge on any atom is -0.381 e. The fraction of sp³-hybridized carbons (Fsp3) is 0.850. The third-order valence-electron chi connectivity index (χ3n) is 8.16. The lowest BCUT2D eigenvalue weighted by Crippen LogP contribution is -2.51. The molecule has 3 fully saturated rings. The molecular weight excluding hydrogens is 272 g/mol. The molecule has 0 N–H and O–H groups in total. The van der Waals surface area contributed by atoms with E-state index in [1.54, 1.807) is 0 Å². The summed E-state index contributed by atoms with van der Waals surface area (Å²) in [7, 11) is 1.90. The predicted molar refractivity (Wildman–Crippen MR) is 87.5 cm³/mol. The molecule has 4 aliphatic rings. The molecular formula is C20H30O2. The molecule has 0 radical (unpaired) electrons. The molecule has 0 heterocycles. The summed E-state index contributed by atoms with van der Waals surface area (Å²) in [6, 6.07) is 0. The van der Waals surface area contributed by atoms with Gasteiger partial charge in [-0.3, -0.25) is 4.79 Å². The molecule has 122 valence electrons. The minimum absolute atomic E-state index is 0.309. The number of hydrogen-bond acceptors (Lipinski definition) is 2. The van der Waals surface area contributed by atoms with Crippen molar-refractivity contribution in [2.75, 3.05) is 7.11 Å². The quantitative estimate of drug-likeness (QED) is 0.711. The van der Waals surface area contributed by atoms with Gasteiger partial charge in [-0.05, 0) is 79.6 Å². The molecule has 4 aliphatic carbocycles. The second-order valence-corrected chi connectivity index (χ2v) is 8.82. The van der Waals surface area contributed by atoms with Gasteiger partial charge in [0.1, 0.15) is 0 Å². The van der Waals surface area contributed by atoms with Crippen LogP contribution in [0.3, 0.4) is 0 Å². The third-order valence-corrected chi connectivity index (χ3v) is 8.16. The zero-order valence-electron chi connectivity index (χ0n) is 14.4. The van der Waals surface area contributed by atoms with Crippen LogP contribution in [0.25, 0.3) is 0 Å². The first kappa shape index (κ1) is 14.9. The van der Waals surface area contributed by atoms with Gasteiger partial charge in [0.2, 0.25) is 0 Å². The topological polar surface area (TPSA) is 26.3 Å². The Morgan fingerprint density at radius 2 is 1.86 bits per heavy atom. The first-order valence-electron chi connectivity index (χ1n) is 9.26. The molecule has 3 saturated carbocycles. The van der Waals surface area contributed by atoms with Crippen molar-refractivity contribution in [1.82, 2.24) is 0 Å². The van der Waals surface area contributed by atoms with Gasteiger partial charge >= 0.3 is 0 Å². The fourth-order valence-electron chi connectivity index (χ4n) is 6.90. The number of allylic oxidation sites excluding steroid dienone is 1. The number of hydrogen-bond donors (Lipinski definition) is 0. The van der Waals surface area contributed by atoms with E-state index in [0.717, 1.165) is 37.0 Å². The standard InChI is InChI=1S/C20H30O2/c1-19-10-8-14(21)12-13(19)4-5-15-16-6-7-18(22-3)20(16,2)11-9-17(15)19/h12,15-18H,4-11H2,1-3H3/t15-,16-,17-,18-,19+,20-/m1/s1. The average molecular weight is 302 g/mol. The van der Waals surface area contributed by atoms with Crippen molar-refractivity contribution in [3.8, 4) is 0 Å². The zero-order chi connectivity index (χ0) is 15.5. The number of carbonyl (C=O) groups excluding carboxylic acids is 1. The molecule has 0 aromatic heterocycles. The maximum Gasteiger partial charge on any atom is 0.155 e. The van der Waals surface area contributed by atoms with Crippen LogP contribution in [0, 0.1) is 28.6 Å². The summed E-state index contributed by atoms with van der Waals surface area (Å²) in [4.78, 5) is 11.8. The number of rotatable bonds is 1. The third kappa shape index (κ3) is 1.85. The lowest BCUT2D eigenvalue weighted by molar-refractivity contribution is -0.118. The van der Waals surface area contributed by atoms with Crippen LogP contribution < -0.4 is 0 Å². The summed E-state index contributed by atoms with van der Waals surface area (Å²) in [6.07, 6.45) is 12.1. The van der Waals surface area contributed by atoms with E-state index in [4.69, 9.17) is 4.74 Å². The van der Waals surface area contributed by atoms with E-state index < -0.39 is 0 Å². The van der Waals surface area contributed by atoms with Crippen molar-refractivity contribution in [1.29, 1.82) is 0 Å². The van der Waals surface area contributed by atoms with E-state index in [1.165, 1.54) is 37.7 Å². The highest BCUT2D eigenvalue weighted by atomic mass is 16.5. The molecule has 0 aromatic rings. The summed E-state index contributed by atoms with van der Waals surface area (Å²) >= 11 is 0. The largest absolute Gasteiger partial charge is 0.381 e. The summed E-state index contributed by atoms with van der Waals surface area (Å²) in [6.45, 7) is 4.96. The molecule has 0 unspecified atom stereocenters. The van der Waals surface area contributed by atoms with Gasteiger partial charge in [-0.2, -0.15) is 0 Å². The van der Waals surface area contributed by atoms with Crippen molar-refractivity contribution in [3.05, 3.63) is 11.6 Å². The number of ketones is 1. The Hall–Kier alpha value is -0.630. The molecule has 0 saturated heterocycles. The summed E-state index contributed by atoms with van der Waals surface area (Å²) in [5, 5.41) is 0. The molecule has 22 heavy (non-hydrogen) atoms. The van der Waals surface area contributed by atoms with Crippen LogP contribution in [-0.2, 0) is 9.53 Å². The van der Waals surface area contributed by atoms with Gasteiger partial charge in [-0.25, -0.2) is 0 Å². The van der Waals surface area contributed by atoms with Crippen LogP contribution in [0.5, 0.6) is 0 Å². The van der Waals surface area contributed by atoms with E-state index in [2.05, 4.69) is 13.8 Å². The lowest BCUT2D eigenvalue weighted by Gasteiger charge is -2.57. The second kappa shape index (κ2) is 4.93. The summed E-state index contributed by atoms with van der Waals surface area (Å²) in [5.74, 6) is 2.86. The zero-order valence-corrected chi connectivity index (χ0v) is 14.4. The molecule has 2 nitrogen and oxygen atoms in total. The first-order chi connectivity index (χ1) is 10.5. The van der Waals surface area contributed by atoms with Crippen molar-refractivity contribution in [3.63, 3.8) is 0 Å². The monoisotopic (exact) mass is 302 g/mol. The maximum absolute atomic E-state index is 11.8. The Morgan fingerprint density at radius 3 is 2.64 bits per heavy atom. The van der Waals surface area contributed by atoms with E-state index in [1.807, 2.05) is 13.2 Å². The van der Waals surface area contributed by atoms with Crippen LogP contribution in [-0.4, -0.2) is 19.0 Å². The van der Waals surface area contributed by atoms with Gasteiger partial charge in [0.05, 0.1) is 6.10 Å². The smallest absolute Gasteiger partial charge is 0.155 e. The van der Waals surface area contributed by atoms with Crippen molar-refractivity contribution < 1.29 is 9.53 Å². The van der Waals surface area contributed by atoms with Gasteiger partial charge in [-0.1, -0.05) is 19.4 Å². The molecule has 2 heteroatoms. The molecule has 4 rings (SSSR count). The van der Waals surface area contributed by atoms with Crippen LogP contribution in [0.4, 0.5) is 0 Å². The van der Waals surface area contributed by atoms with Crippen molar-refractivity contribution in [2.24, 2.45) is 28.6 Å². The van der Waals surface area contributed by atoms with Gasteiger partial charge < -0.3 is 4.74 Å². The molecule has 6 atom stereocenters. The fourth-order valence-corrected chi connectivity index (χ4v) is 6.90. The summed E-state index contributed by atoms with van der Waals surface area (Å²) in [5.41, 5.74) is 2.19. The predicted octanol–water partition coefficient (Wildman–Crippen LogP) is 4.53. The molecule has 0 aliphatic heterocycles. The maximum atomic E-state index is 11.8. The van der Waals surface area contributed by atoms with Crippen LogP contribution in [0.15, 0.2) is 11.6 Å². The van der Waals surface area contributed by atoms with Crippen LogP contribution in [0.2, 0.25) is 0 Å². The number of methoxy groups -OCH3 is 1. The van der Waals surface area contributed by atoms with Gasteiger partial charge in [0, 0.05) is 13.5 Å². The van der Waals surface area contributed by atoms with Gasteiger partial charge in [-0.15, -0.1) is 0 Å². The van der Waals surface area contributed by atoms with Crippen LogP contribution in [0.1, 0.15) is 65.2 Å². The number of fused-ring (bicyclic) bond motifs is 5. The first-order valence-corrected chi connectivity index (χ1v) is 9.26. The molecule has 0 spiro atoms. The van der Waals surface area contributed by atoms with Crippen molar-refractivity contribution >= 4 is 5.78 Å². The Labute approximate surface area is 134 Å². The minimum atomic E-state index is 0.309. The molecule has 0 bridgehead atoms. The van der Waals surface area contributed by atoms with E-state index >= 15 is 0 Å². The van der Waals surface area contributed by atoms with E-state index in [0.29, 0.717) is 22.7 Å². The summed E-state index contributed by atoms with van der Waals surface area (Å²) < 4.78 is 5.85. The number of carbonyl (C=O) groups is 1. The average Bonchev–Trinajstić information content (AvgIpc) is 2.84. The van der Waals surface area contributed by atoms with E-state index in [9.17, 15) is 4.79 Å². The molecule has 0 aromatic carbocycles. The van der Waals surface area contributed by atoms with Crippen molar-refractivity contribution in [2.45, 2.75) is 71.3 Å². The Kier molecular flexibility index (Phi) is 3.35. The Bertz CT molecular complexity index is 522. The Balaban J connectivity index is 1.67. The highest BCUT2D eigenvalue weighted by Gasteiger charge is 2.59. The van der Waals surface area contributed by atoms with E-state index in [-0.39, 0.29) is 0 Å². The highest BCUT2D eigenvalue weighted by molar-refractivity contribution is 5.91. The number of ether oxygens (including phenoxy) is 1. The highest BCUT2D eigenvalue weighted by Crippen LogP contribution is 2.65. The van der Waals surface area contributed by atoms with Gasteiger partial charge in [0.15, 0.2) is 5.78 Å². The normalized spacial score (nSPS) is 50.9. The SMILES string of the molecule is CO[C@@H]1CC[C@@H]2[C@H]3CCC4=CC(=O)CC[C@]4(C)[C@@H]3CC[C@]21C. The van der Waals surface area contributed by atoms with Crippen LogP contribution >= 0.6 is 0 Å². The second-order valence-electron chi connectivity index (χ2n) is 8.82. The Morgan fingerprint density at radius 1 is 1.05 bits per heavy atom. The lowest BCUT2D eigenvalue weighted by atomic mass is 9.47.